The summed E-state index contributed by atoms with van der Waals surface area (Å²) in [6.45, 7) is 5.04. The van der Waals surface area contributed by atoms with Crippen LogP contribution in [-0.2, 0) is 24.3 Å². The van der Waals surface area contributed by atoms with Crippen molar-refractivity contribution in [1.29, 1.82) is 0 Å². The van der Waals surface area contributed by atoms with Crippen LogP contribution in [0.4, 0.5) is 5.69 Å². The molecule has 1 rings (SSSR count). The van der Waals surface area contributed by atoms with Gasteiger partial charge in [0.25, 0.3) is 5.69 Å². The molecule has 0 unspecified atom stereocenters. The van der Waals surface area contributed by atoms with Crippen LogP contribution in [0.15, 0.2) is 29.2 Å². The summed E-state index contributed by atoms with van der Waals surface area (Å²) in [6, 6.07) is 2.22. The number of nitrogens with zero attached hydrogens (tertiary/aromatic N) is 1. The summed E-state index contributed by atoms with van der Waals surface area (Å²) < 4.78 is 31.9. The van der Waals surface area contributed by atoms with E-state index in [1.165, 1.54) is 14.0 Å². The number of methoxy groups -OCH3 is 1. The van der Waals surface area contributed by atoms with E-state index >= 15 is 0 Å². The number of hydrogen-bond donors (Lipinski definition) is 2. The zero-order valence-electron chi connectivity index (χ0n) is 15.5. The second-order valence-electron chi connectivity index (χ2n) is 6.31. The van der Waals surface area contributed by atoms with Crippen molar-refractivity contribution in [3.05, 3.63) is 34.4 Å². The van der Waals surface area contributed by atoms with Crippen LogP contribution in [0.2, 0.25) is 0 Å². The zero-order valence-corrected chi connectivity index (χ0v) is 16.3. The number of sulfonamides is 1. The number of hydrogen-bond acceptors (Lipinski definition) is 7. The third kappa shape index (κ3) is 6.61. The van der Waals surface area contributed by atoms with Gasteiger partial charge in [0.15, 0.2) is 0 Å². The van der Waals surface area contributed by atoms with E-state index in [-0.39, 0.29) is 22.9 Å². The van der Waals surface area contributed by atoms with E-state index in [0.29, 0.717) is 0 Å². The molecule has 0 aliphatic rings. The number of nitro groups is 1. The van der Waals surface area contributed by atoms with Gasteiger partial charge in [0.05, 0.1) is 16.9 Å². The molecule has 27 heavy (non-hydrogen) atoms. The Morgan fingerprint density at radius 1 is 1.19 bits per heavy atom. The van der Waals surface area contributed by atoms with Gasteiger partial charge >= 0.3 is 5.97 Å². The Morgan fingerprint density at radius 2 is 1.74 bits per heavy atom. The van der Waals surface area contributed by atoms with Gasteiger partial charge in [-0.2, -0.15) is 4.72 Å². The molecule has 11 heteroatoms. The van der Waals surface area contributed by atoms with Crippen LogP contribution < -0.4 is 10.0 Å². The molecule has 0 saturated heterocycles. The minimum Gasteiger partial charge on any atom is -0.467 e. The molecule has 0 radical (unpaired) electrons. The first-order valence-corrected chi connectivity index (χ1v) is 9.61. The van der Waals surface area contributed by atoms with Gasteiger partial charge in [0, 0.05) is 12.1 Å². The average molecular weight is 401 g/mol. The molecule has 150 valence electrons. The lowest BCUT2D eigenvalue weighted by Gasteiger charge is -2.22. The quantitative estimate of drug-likeness (QED) is 0.356. The largest absolute Gasteiger partial charge is 0.467 e. The van der Waals surface area contributed by atoms with Gasteiger partial charge in [-0.05, 0) is 31.4 Å². The molecule has 1 aromatic carbocycles. The molecule has 0 saturated carbocycles. The number of nitro benzene ring substituents is 1. The lowest BCUT2D eigenvalue weighted by molar-refractivity contribution is -0.384. The number of benzene rings is 1. The van der Waals surface area contributed by atoms with E-state index in [1.54, 1.807) is 0 Å². The molecule has 2 atom stereocenters. The third-order valence-electron chi connectivity index (χ3n) is 3.59. The molecular weight excluding hydrogens is 378 g/mol. The van der Waals surface area contributed by atoms with Gasteiger partial charge in [0.1, 0.15) is 12.1 Å². The first kappa shape index (κ1) is 22.5. The number of carbonyl (C=O) groups is 2. The minimum atomic E-state index is -4.10. The number of rotatable bonds is 9. The molecule has 1 amide bonds. The normalized spacial score (nSPS) is 13.7. The SMILES string of the molecule is COC(=O)[C@H](C)NC(=O)[C@H](CC(C)C)NS(=O)(=O)c1ccc([N+](=O)[O-])cc1. The van der Waals surface area contributed by atoms with Crippen molar-refractivity contribution in [3.63, 3.8) is 0 Å². The zero-order chi connectivity index (χ0) is 20.8. The fraction of sp³-hybridized carbons (Fsp3) is 0.500. The standard InChI is InChI=1S/C16H23N3O7S/c1-10(2)9-14(15(20)17-11(3)16(21)26-4)18-27(24,25)13-7-5-12(6-8-13)19(22)23/h5-8,10-11,14,18H,9H2,1-4H3,(H,17,20)/t11-,14-/m0/s1. The highest BCUT2D eigenvalue weighted by Gasteiger charge is 2.29. The van der Waals surface area contributed by atoms with Crippen molar-refractivity contribution in [2.45, 2.75) is 44.2 Å². The first-order chi connectivity index (χ1) is 12.5. The average Bonchev–Trinajstić information content (AvgIpc) is 2.59. The van der Waals surface area contributed by atoms with E-state index in [0.717, 1.165) is 24.3 Å². The van der Waals surface area contributed by atoms with Gasteiger partial charge in [-0.25, -0.2) is 13.2 Å². The van der Waals surface area contributed by atoms with Crippen LogP contribution in [0.3, 0.4) is 0 Å². The van der Waals surface area contributed by atoms with Crippen molar-refractivity contribution >= 4 is 27.6 Å². The maximum atomic E-state index is 12.5. The molecule has 0 aromatic heterocycles. The van der Waals surface area contributed by atoms with E-state index in [2.05, 4.69) is 14.8 Å². The van der Waals surface area contributed by atoms with Crippen molar-refractivity contribution in [2.75, 3.05) is 7.11 Å². The van der Waals surface area contributed by atoms with E-state index < -0.39 is 38.9 Å². The van der Waals surface area contributed by atoms with Gasteiger partial charge in [-0.3, -0.25) is 14.9 Å². The highest BCUT2D eigenvalue weighted by atomic mass is 32.2. The summed E-state index contributed by atoms with van der Waals surface area (Å²) in [6.07, 6.45) is 0.186. The van der Waals surface area contributed by atoms with Crippen LogP contribution in [-0.4, -0.2) is 44.4 Å². The Morgan fingerprint density at radius 3 is 2.19 bits per heavy atom. The molecule has 0 fully saturated rings. The Hall–Kier alpha value is -2.53. The Bertz CT molecular complexity index is 791. The number of non-ortho nitro benzene ring substituents is 1. The Balaban J connectivity index is 3.01. The molecule has 10 nitrogen and oxygen atoms in total. The summed E-state index contributed by atoms with van der Waals surface area (Å²) in [5.41, 5.74) is -0.252. The molecule has 1 aromatic rings. The van der Waals surface area contributed by atoms with Crippen molar-refractivity contribution in [3.8, 4) is 0 Å². The summed E-state index contributed by atoms with van der Waals surface area (Å²) in [4.78, 5) is 33.7. The number of nitrogens with one attached hydrogen (secondary N) is 2. The second kappa shape index (κ2) is 9.42. The lowest BCUT2D eigenvalue weighted by atomic mass is 10.0. The van der Waals surface area contributed by atoms with Crippen LogP contribution in [0.1, 0.15) is 27.2 Å². The molecule has 0 bridgehead atoms. The number of esters is 1. The maximum Gasteiger partial charge on any atom is 0.328 e. The third-order valence-corrected chi connectivity index (χ3v) is 5.08. The maximum absolute atomic E-state index is 12.5. The summed E-state index contributed by atoms with van der Waals surface area (Å²) in [7, 11) is -2.93. The topological polar surface area (TPSA) is 145 Å². The molecule has 0 aliphatic carbocycles. The number of ether oxygens (including phenoxy) is 1. The van der Waals surface area contributed by atoms with Gasteiger partial charge < -0.3 is 10.1 Å². The van der Waals surface area contributed by atoms with Gasteiger partial charge in [-0.15, -0.1) is 0 Å². The van der Waals surface area contributed by atoms with Gasteiger partial charge in [-0.1, -0.05) is 13.8 Å². The monoisotopic (exact) mass is 401 g/mol. The predicted octanol–water partition coefficient (Wildman–Crippen LogP) is 0.965. The van der Waals surface area contributed by atoms with Crippen molar-refractivity contribution < 1.29 is 27.7 Å². The number of amides is 1. The van der Waals surface area contributed by atoms with Crippen LogP contribution >= 0.6 is 0 Å². The van der Waals surface area contributed by atoms with Crippen LogP contribution in [0, 0.1) is 16.0 Å². The minimum absolute atomic E-state index is 0.0197. The second-order valence-corrected chi connectivity index (χ2v) is 8.02. The fourth-order valence-electron chi connectivity index (χ4n) is 2.23. The van der Waals surface area contributed by atoms with E-state index in [4.69, 9.17) is 0 Å². The van der Waals surface area contributed by atoms with E-state index in [9.17, 15) is 28.1 Å². The molecular formula is C16H23N3O7S. The highest BCUT2D eigenvalue weighted by molar-refractivity contribution is 7.89. The Labute approximate surface area is 157 Å². The van der Waals surface area contributed by atoms with E-state index in [1.807, 2.05) is 13.8 Å². The molecule has 0 spiro atoms. The van der Waals surface area contributed by atoms with Crippen molar-refractivity contribution in [1.82, 2.24) is 10.0 Å². The molecule has 2 N–H and O–H groups in total. The first-order valence-electron chi connectivity index (χ1n) is 8.13. The predicted molar refractivity (Wildman–Crippen MR) is 96.3 cm³/mol. The molecule has 0 aliphatic heterocycles. The Kier molecular flexibility index (Phi) is 7.85. The summed E-state index contributed by atoms with van der Waals surface area (Å²) >= 11 is 0. The molecule has 0 heterocycles. The summed E-state index contributed by atoms with van der Waals surface area (Å²) in [5, 5.41) is 13.1. The summed E-state index contributed by atoms with van der Waals surface area (Å²) in [5.74, 6) is -1.36. The van der Waals surface area contributed by atoms with Crippen molar-refractivity contribution in [2.24, 2.45) is 5.92 Å². The van der Waals surface area contributed by atoms with Gasteiger partial charge in [0.2, 0.25) is 15.9 Å². The number of carbonyl (C=O) groups excluding carboxylic acids is 2. The highest BCUT2D eigenvalue weighted by Crippen LogP contribution is 2.17. The fourth-order valence-corrected chi connectivity index (χ4v) is 3.44. The van der Waals surface area contributed by atoms with Crippen LogP contribution in [0.5, 0.6) is 0 Å². The smallest absolute Gasteiger partial charge is 0.328 e. The lowest BCUT2D eigenvalue weighted by Crippen LogP contribution is -2.51. The van der Waals surface area contributed by atoms with Crippen LogP contribution in [0.25, 0.3) is 0 Å².